The first-order valence-corrected chi connectivity index (χ1v) is 27.3. The molecular formula is C60H100O6. The van der Waals surface area contributed by atoms with E-state index in [1.54, 1.807) is 0 Å². The van der Waals surface area contributed by atoms with E-state index in [0.717, 1.165) is 64.2 Å². The third kappa shape index (κ3) is 51.3. The van der Waals surface area contributed by atoms with E-state index in [0.29, 0.717) is 12.8 Å². The maximum atomic E-state index is 12.8. The predicted molar refractivity (Wildman–Crippen MR) is 284 cm³/mol. The van der Waals surface area contributed by atoms with Gasteiger partial charge in [0.05, 0.1) is 0 Å². The number of rotatable bonds is 48. The van der Waals surface area contributed by atoms with Crippen LogP contribution < -0.4 is 0 Å². The highest BCUT2D eigenvalue weighted by Crippen LogP contribution is 2.14. The van der Waals surface area contributed by atoms with Crippen molar-refractivity contribution in [2.45, 2.75) is 252 Å². The molecule has 0 rings (SSSR count). The molecule has 0 radical (unpaired) electrons. The molecule has 0 bridgehead atoms. The van der Waals surface area contributed by atoms with Crippen molar-refractivity contribution in [2.75, 3.05) is 13.2 Å². The zero-order valence-corrected chi connectivity index (χ0v) is 42.9. The van der Waals surface area contributed by atoms with Crippen LogP contribution in [0.4, 0.5) is 0 Å². The Balaban J connectivity index is 4.49. The normalized spacial score (nSPS) is 12.8. The molecule has 1 atom stereocenters. The second-order valence-electron chi connectivity index (χ2n) is 17.9. The van der Waals surface area contributed by atoms with Gasteiger partial charge in [0.25, 0.3) is 0 Å². The number of unbranched alkanes of at least 4 members (excludes halogenated alkanes) is 26. The standard InChI is InChI=1S/C60H100O6/c1-4-7-10-13-16-19-22-25-27-29-30-31-33-35-38-41-44-47-50-53-59(62)65-56-57(55-64-58(61)52-49-46-43-40-37-34-24-21-18-15-12-9-6-3)66-60(63)54-51-48-45-42-39-36-32-28-26-23-20-17-14-11-8-5-2/h9,12,15,18,21,24,28-30,32,34,36-37,39-40,43,57H,4-8,10-11,13-14,16-17,19-20,22-23,25-27,31,33,35,38,41-42,44-56H2,1-3H3/b12-9+,18-15+,24-21+,30-29+,32-28+,37-34+,39-36+,43-40+. The van der Waals surface area contributed by atoms with Crippen LogP contribution >= 0.6 is 0 Å². The van der Waals surface area contributed by atoms with Crippen molar-refractivity contribution < 1.29 is 28.6 Å². The first kappa shape index (κ1) is 62.3. The lowest BCUT2D eigenvalue weighted by Gasteiger charge is -2.18. The molecule has 0 saturated heterocycles. The van der Waals surface area contributed by atoms with E-state index >= 15 is 0 Å². The lowest BCUT2D eigenvalue weighted by molar-refractivity contribution is -0.167. The molecule has 0 aromatic rings. The minimum absolute atomic E-state index is 0.114. The minimum atomic E-state index is -0.822. The number of allylic oxidation sites excluding steroid dienone is 16. The van der Waals surface area contributed by atoms with E-state index in [1.165, 1.54) is 135 Å². The van der Waals surface area contributed by atoms with Gasteiger partial charge in [-0.05, 0) is 83.5 Å². The smallest absolute Gasteiger partial charge is 0.306 e. The maximum Gasteiger partial charge on any atom is 0.306 e. The summed E-state index contributed by atoms with van der Waals surface area (Å²) in [5, 5.41) is 0. The summed E-state index contributed by atoms with van der Waals surface area (Å²) in [6.45, 7) is 6.40. The number of hydrogen-bond donors (Lipinski definition) is 0. The zero-order chi connectivity index (χ0) is 47.9. The number of carbonyl (C=O) groups is 3. The highest BCUT2D eigenvalue weighted by molar-refractivity contribution is 5.71. The van der Waals surface area contributed by atoms with Gasteiger partial charge in [-0.15, -0.1) is 0 Å². The Morgan fingerprint density at radius 2 is 0.621 bits per heavy atom. The van der Waals surface area contributed by atoms with Crippen LogP contribution in [-0.2, 0) is 28.6 Å². The number of hydrogen-bond acceptors (Lipinski definition) is 6. The van der Waals surface area contributed by atoms with E-state index < -0.39 is 6.10 Å². The van der Waals surface area contributed by atoms with Gasteiger partial charge in [0, 0.05) is 19.3 Å². The van der Waals surface area contributed by atoms with Crippen molar-refractivity contribution in [3.05, 3.63) is 97.2 Å². The second kappa shape index (κ2) is 53.9. The van der Waals surface area contributed by atoms with Gasteiger partial charge in [0.1, 0.15) is 13.2 Å². The van der Waals surface area contributed by atoms with Crippen molar-refractivity contribution in [2.24, 2.45) is 0 Å². The molecule has 0 fully saturated rings. The van der Waals surface area contributed by atoms with Crippen LogP contribution in [0.25, 0.3) is 0 Å². The number of esters is 3. The van der Waals surface area contributed by atoms with Gasteiger partial charge < -0.3 is 14.2 Å². The van der Waals surface area contributed by atoms with Gasteiger partial charge in [-0.2, -0.15) is 0 Å². The summed E-state index contributed by atoms with van der Waals surface area (Å²) in [6, 6.07) is 0. The SMILES string of the molecule is CC/C=C/C=C/C=C/C=C/C=C/CCCC(=O)OCC(COC(=O)CCCCCCCCC/C=C/CCCCCCCCCC)OC(=O)CCCCC/C=C/C=C/CCCCCCCCC. The Kier molecular flexibility index (Phi) is 50.9. The van der Waals surface area contributed by atoms with E-state index in [-0.39, 0.29) is 44.0 Å². The fraction of sp³-hybridized carbons (Fsp3) is 0.683. The summed E-state index contributed by atoms with van der Waals surface area (Å²) in [5.41, 5.74) is 0. The number of carbonyl (C=O) groups excluding carboxylic acids is 3. The molecule has 0 aromatic heterocycles. The van der Waals surface area contributed by atoms with Crippen LogP contribution in [0.2, 0.25) is 0 Å². The van der Waals surface area contributed by atoms with Crippen molar-refractivity contribution in [3.8, 4) is 0 Å². The summed E-state index contributed by atoms with van der Waals surface area (Å²) in [6.07, 6.45) is 71.2. The largest absolute Gasteiger partial charge is 0.462 e. The van der Waals surface area contributed by atoms with Crippen molar-refractivity contribution in [1.29, 1.82) is 0 Å². The maximum absolute atomic E-state index is 12.8. The Morgan fingerprint density at radius 3 is 1.06 bits per heavy atom. The summed E-state index contributed by atoms with van der Waals surface area (Å²) in [5.74, 6) is -1.02. The van der Waals surface area contributed by atoms with Gasteiger partial charge in [-0.3, -0.25) is 14.4 Å². The van der Waals surface area contributed by atoms with Gasteiger partial charge in [-0.25, -0.2) is 0 Å². The van der Waals surface area contributed by atoms with Gasteiger partial charge in [0.15, 0.2) is 6.10 Å². The average Bonchev–Trinajstić information content (AvgIpc) is 3.31. The number of ether oxygens (including phenoxy) is 3. The topological polar surface area (TPSA) is 78.9 Å². The quantitative estimate of drug-likeness (QED) is 0.0199. The first-order valence-electron chi connectivity index (χ1n) is 27.3. The molecule has 66 heavy (non-hydrogen) atoms. The Morgan fingerprint density at radius 1 is 0.318 bits per heavy atom. The molecule has 1 unspecified atom stereocenters. The monoisotopic (exact) mass is 917 g/mol. The molecule has 0 aliphatic carbocycles. The molecule has 0 aliphatic rings. The molecule has 0 spiro atoms. The summed E-state index contributed by atoms with van der Waals surface area (Å²) in [7, 11) is 0. The van der Waals surface area contributed by atoms with Crippen LogP contribution in [-0.4, -0.2) is 37.2 Å². The highest BCUT2D eigenvalue weighted by atomic mass is 16.6. The lowest BCUT2D eigenvalue weighted by Crippen LogP contribution is -2.30. The average molecular weight is 917 g/mol. The van der Waals surface area contributed by atoms with Gasteiger partial charge in [0.2, 0.25) is 0 Å². The fourth-order valence-electron chi connectivity index (χ4n) is 7.34. The molecule has 0 amide bonds. The van der Waals surface area contributed by atoms with Gasteiger partial charge in [-0.1, -0.05) is 240 Å². The summed E-state index contributed by atoms with van der Waals surface area (Å²) < 4.78 is 16.7. The van der Waals surface area contributed by atoms with Crippen molar-refractivity contribution >= 4 is 17.9 Å². The third-order valence-corrected chi connectivity index (χ3v) is 11.4. The zero-order valence-electron chi connectivity index (χ0n) is 42.9. The Hall–Kier alpha value is -3.67. The van der Waals surface area contributed by atoms with E-state index in [9.17, 15) is 14.4 Å². The van der Waals surface area contributed by atoms with Gasteiger partial charge >= 0.3 is 17.9 Å². The lowest BCUT2D eigenvalue weighted by atomic mass is 10.1. The Labute approximate surface area is 407 Å². The van der Waals surface area contributed by atoms with Crippen molar-refractivity contribution in [1.82, 2.24) is 0 Å². The Bertz CT molecular complexity index is 1330. The molecule has 6 nitrogen and oxygen atoms in total. The molecule has 0 aliphatic heterocycles. The molecule has 0 saturated carbocycles. The summed E-state index contributed by atoms with van der Waals surface area (Å²) >= 11 is 0. The van der Waals surface area contributed by atoms with E-state index in [2.05, 4.69) is 63.3 Å². The third-order valence-electron chi connectivity index (χ3n) is 11.4. The fourth-order valence-corrected chi connectivity index (χ4v) is 7.34. The second-order valence-corrected chi connectivity index (χ2v) is 17.9. The first-order chi connectivity index (χ1) is 32.5. The van der Waals surface area contributed by atoms with E-state index in [4.69, 9.17) is 14.2 Å². The highest BCUT2D eigenvalue weighted by Gasteiger charge is 2.19. The van der Waals surface area contributed by atoms with E-state index in [1.807, 2.05) is 54.7 Å². The van der Waals surface area contributed by atoms with Crippen LogP contribution in [0.3, 0.4) is 0 Å². The summed E-state index contributed by atoms with van der Waals surface area (Å²) in [4.78, 5) is 38.0. The molecule has 6 heteroatoms. The van der Waals surface area contributed by atoms with Crippen LogP contribution in [0.5, 0.6) is 0 Å². The molecule has 0 aromatic carbocycles. The molecular weight excluding hydrogens is 817 g/mol. The predicted octanol–water partition coefficient (Wildman–Crippen LogP) is 18.1. The van der Waals surface area contributed by atoms with Crippen LogP contribution in [0, 0.1) is 0 Å². The minimum Gasteiger partial charge on any atom is -0.462 e. The van der Waals surface area contributed by atoms with Crippen LogP contribution in [0.15, 0.2) is 97.2 Å². The molecule has 0 N–H and O–H groups in total. The molecule has 376 valence electrons. The molecule has 0 heterocycles. The van der Waals surface area contributed by atoms with Crippen LogP contribution in [0.1, 0.15) is 245 Å². The van der Waals surface area contributed by atoms with Crippen molar-refractivity contribution in [3.63, 3.8) is 0 Å².